The van der Waals surface area contributed by atoms with Gasteiger partial charge in [0.2, 0.25) is 11.8 Å². The second-order valence-electron chi connectivity index (χ2n) is 6.96. The maximum Gasteiger partial charge on any atom is 0.335 e. The molecule has 2 unspecified atom stereocenters. The molecule has 7 nitrogen and oxygen atoms in total. The Bertz CT molecular complexity index is 762. The van der Waals surface area contributed by atoms with Gasteiger partial charge >= 0.3 is 5.97 Å². The van der Waals surface area contributed by atoms with Gasteiger partial charge in [-0.05, 0) is 30.5 Å². The van der Waals surface area contributed by atoms with Crippen LogP contribution in [0.4, 0.5) is 0 Å². The van der Waals surface area contributed by atoms with E-state index in [0.717, 1.165) is 12.0 Å². The minimum Gasteiger partial charge on any atom is -0.490 e. The molecule has 0 saturated carbocycles. The topological polar surface area (TPSA) is 84.9 Å². The van der Waals surface area contributed by atoms with E-state index >= 15 is 0 Å². The number of carbonyl (C=O) groups excluding carboxylic acids is 3. The van der Waals surface area contributed by atoms with Crippen LogP contribution in [-0.2, 0) is 25.5 Å². The molecule has 1 aromatic carbocycles. The Kier molecular flexibility index (Phi) is 5.48. The molecule has 1 aromatic rings. The van der Waals surface area contributed by atoms with Gasteiger partial charge in [0.25, 0.3) is 0 Å². The van der Waals surface area contributed by atoms with E-state index in [0.29, 0.717) is 31.7 Å². The van der Waals surface area contributed by atoms with Gasteiger partial charge in [0.05, 0.1) is 13.0 Å². The zero-order chi connectivity index (χ0) is 19.4. The zero-order valence-electron chi connectivity index (χ0n) is 15.4. The number of likely N-dealkylation sites (tertiary alicyclic amines) is 1. The molecular weight excluding hydrogens is 348 g/mol. The third-order valence-corrected chi connectivity index (χ3v) is 5.16. The number of esters is 1. The van der Waals surface area contributed by atoms with Crippen LogP contribution >= 0.6 is 0 Å². The van der Waals surface area contributed by atoms with Crippen LogP contribution in [0.5, 0.6) is 5.75 Å². The van der Waals surface area contributed by atoms with Crippen molar-refractivity contribution in [2.75, 3.05) is 26.8 Å². The smallest absolute Gasteiger partial charge is 0.335 e. The number of nitrogens with one attached hydrogen (secondary N) is 1. The van der Waals surface area contributed by atoms with Crippen molar-refractivity contribution >= 4 is 17.8 Å². The lowest BCUT2D eigenvalue weighted by Gasteiger charge is -2.38. The van der Waals surface area contributed by atoms with Crippen LogP contribution in [0.25, 0.3) is 0 Å². The highest BCUT2D eigenvalue weighted by molar-refractivity contribution is 5.91. The third-order valence-electron chi connectivity index (χ3n) is 5.16. The Hall–Kier alpha value is -2.83. The number of rotatable bonds is 4. The number of fused-ring (bicyclic) bond motifs is 1. The van der Waals surface area contributed by atoms with E-state index in [4.69, 9.17) is 9.47 Å². The molecule has 2 amide bonds. The highest BCUT2D eigenvalue weighted by atomic mass is 16.5. The zero-order valence-corrected chi connectivity index (χ0v) is 15.4. The van der Waals surface area contributed by atoms with Gasteiger partial charge in [-0.1, -0.05) is 24.8 Å². The summed E-state index contributed by atoms with van der Waals surface area (Å²) in [6.07, 6.45) is 2.93. The average molecular weight is 372 g/mol. The van der Waals surface area contributed by atoms with Crippen molar-refractivity contribution in [1.82, 2.24) is 10.2 Å². The van der Waals surface area contributed by atoms with Gasteiger partial charge in [0.1, 0.15) is 12.4 Å². The number of ether oxygens (including phenoxy) is 2. The fourth-order valence-electron chi connectivity index (χ4n) is 3.68. The van der Waals surface area contributed by atoms with Crippen molar-refractivity contribution in [3.8, 4) is 5.75 Å². The van der Waals surface area contributed by atoms with Crippen LogP contribution in [0, 0.1) is 5.92 Å². The molecule has 1 saturated heterocycles. The molecule has 1 fully saturated rings. The molecular formula is C20H24N2O5. The number of amides is 2. The monoisotopic (exact) mass is 372 g/mol. The van der Waals surface area contributed by atoms with Crippen molar-refractivity contribution in [1.29, 1.82) is 0 Å². The summed E-state index contributed by atoms with van der Waals surface area (Å²) >= 11 is 0. The van der Waals surface area contributed by atoms with Gasteiger partial charge in [0.15, 0.2) is 5.54 Å². The van der Waals surface area contributed by atoms with Crippen LogP contribution < -0.4 is 10.1 Å². The summed E-state index contributed by atoms with van der Waals surface area (Å²) in [5.41, 5.74) is -0.438. The van der Waals surface area contributed by atoms with Crippen molar-refractivity contribution in [2.24, 2.45) is 5.92 Å². The highest BCUT2D eigenvalue weighted by Gasteiger charge is 2.46. The average Bonchev–Trinajstić information content (AvgIpc) is 2.72. The Morgan fingerprint density at radius 1 is 1.37 bits per heavy atom. The van der Waals surface area contributed by atoms with Crippen LogP contribution in [0.15, 0.2) is 36.9 Å². The van der Waals surface area contributed by atoms with E-state index in [1.54, 1.807) is 4.90 Å². The first-order valence-electron chi connectivity index (χ1n) is 9.01. The molecule has 2 atom stereocenters. The summed E-state index contributed by atoms with van der Waals surface area (Å²) in [6.45, 7) is 4.42. The third kappa shape index (κ3) is 3.82. The van der Waals surface area contributed by atoms with Crippen LogP contribution in [-0.4, -0.2) is 55.0 Å². The summed E-state index contributed by atoms with van der Waals surface area (Å²) < 4.78 is 10.7. The molecule has 0 spiro atoms. The number of benzene rings is 1. The summed E-state index contributed by atoms with van der Waals surface area (Å²) in [7, 11) is 1.29. The molecule has 2 heterocycles. The normalized spacial score (nSPS) is 24.2. The second kappa shape index (κ2) is 7.82. The molecule has 0 bridgehead atoms. The standard InChI is InChI=1S/C20H24N2O5/c1-3-17(23)22-10-6-8-15(12-22)18(24)21-20(19(25)26-2)11-14-7-4-5-9-16(14)27-13-20/h3-5,7,9,15H,1,6,8,10-13H2,2H3,(H,21,24). The largest absolute Gasteiger partial charge is 0.490 e. The lowest BCUT2D eigenvalue weighted by atomic mass is 9.87. The first kappa shape index (κ1) is 18.9. The van der Waals surface area contributed by atoms with Crippen LogP contribution in [0.1, 0.15) is 18.4 Å². The number of carbonyl (C=O) groups is 3. The summed E-state index contributed by atoms with van der Waals surface area (Å²) in [6, 6.07) is 7.41. The first-order valence-corrected chi connectivity index (χ1v) is 9.01. The number of para-hydroxylation sites is 1. The number of methoxy groups -OCH3 is 1. The van der Waals surface area contributed by atoms with Crippen molar-refractivity contribution in [3.63, 3.8) is 0 Å². The predicted octanol–water partition coefficient (Wildman–Crippen LogP) is 1.07. The van der Waals surface area contributed by atoms with Gasteiger partial charge in [-0.2, -0.15) is 0 Å². The Balaban J connectivity index is 1.77. The lowest BCUT2D eigenvalue weighted by molar-refractivity contribution is -0.154. The summed E-state index contributed by atoms with van der Waals surface area (Å²) in [5, 5.41) is 2.87. The van der Waals surface area contributed by atoms with E-state index in [1.807, 2.05) is 24.3 Å². The number of nitrogens with zero attached hydrogens (tertiary/aromatic N) is 1. The van der Waals surface area contributed by atoms with E-state index in [2.05, 4.69) is 11.9 Å². The Labute approximate surface area is 158 Å². The molecule has 144 valence electrons. The SMILES string of the molecule is C=CC(=O)N1CCCC(C(=O)NC2(C(=O)OC)COc3ccccc3C2)C1. The van der Waals surface area contributed by atoms with Gasteiger partial charge in [0, 0.05) is 19.5 Å². The van der Waals surface area contributed by atoms with Crippen LogP contribution in [0.3, 0.4) is 0 Å². The number of hydrogen-bond donors (Lipinski definition) is 1. The fourth-order valence-corrected chi connectivity index (χ4v) is 3.68. The summed E-state index contributed by atoms with van der Waals surface area (Å²) in [4.78, 5) is 38.9. The molecule has 27 heavy (non-hydrogen) atoms. The first-order chi connectivity index (χ1) is 13.0. The maximum atomic E-state index is 12.9. The predicted molar refractivity (Wildman–Crippen MR) is 98.0 cm³/mol. The molecule has 2 aliphatic heterocycles. The lowest BCUT2D eigenvalue weighted by Crippen LogP contribution is -2.63. The quantitative estimate of drug-likeness (QED) is 0.631. The van der Waals surface area contributed by atoms with Gasteiger partial charge < -0.3 is 19.7 Å². The van der Waals surface area contributed by atoms with Crippen molar-refractivity contribution in [2.45, 2.75) is 24.8 Å². The minimum atomic E-state index is -1.27. The maximum absolute atomic E-state index is 12.9. The van der Waals surface area contributed by atoms with E-state index < -0.39 is 11.5 Å². The number of hydrogen-bond acceptors (Lipinski definition) is 5. The second-order valence-corrected chi connectivity index (χ2v) is 6.96. The fraction of sp³-hybridized carbons (Fsp3) is 0.450. The molecule has 3 rings (SSSR count). The van der Waals surface area contributed by atoms with E-state index in [1.165, 1.54) is 13.2 Å². The molecule has 7 heteroatoms. The molecule has 0 aromatic heterocycles. The Morgan fingerprint density at radius 2 is 2.15 bits per heavy atom. The van der Waals surface area contributed by atoms with Crippen molar-refractivity contribution < 1.29 is 23.9 Å². The van der Waals surface area contributed by atoms with Crippen molar-refractivity contribution in [3.05, 3.63) is 42.5 Å². The van der Waals surface area contributed by atoms with E-state index in [9.17, 15) is 14.4 Å². The van der Waals surface area contributed by atoms with Gasteiger partial charge in [-0.15, -0.1) is 0 Å². The van der Waals surface area contributed by atoms with Gasteiger partial charge in [-0.3, -0.25) is 9.59 Å². The molecule has 2 aliphatic rings. The molecule has 0 aliphatic carbocycles. The van der Waals surface area contributed by atoms with E-state index in [-0.39, 0.29) is 24.3 Å². The van der Waals surface area contributed by atoms with Gasteiger partial charge in [-0.25, -0.2) is 4.79 Å². The highest BCUT2D eigenvalue weighted by Crippen LogP contribution is 2.30. The Morgan fingerprint density at radius 3 is 2.89 bits per heavy atom. The molecule has 1 N–H and O–H groups in total. The molecule has 0 radical (unpaired) electrons. The number of piperidine rings is 1. The minimum absolute atomic E-state index is 0.00441. The summed E-state index contributed by atoms with van der Waals surface area (Å²) in [5.74, 6) is -0.691. The van der Waals surface area contributed by atoms with Crippen LogP contribution in [0.2, 0.25) is 0 Å².